The number of nitrogens with two attached hydrogens (primary N) is 1. The van der Waals surface area contributed by atoms with Crippen LogP contribution >= 0.6 is 0 Å². The van der Waals surface area contributed by atoms with E-state index >= 15 is 0 Å². The molecule has 0 amide bonds. The van der Waals surface area contributed by atoms with Crippen LogP contribution in [0, 0.1) is 0 Å². The molecule has 0 radical (unpaired) electrons. The van der Waals surface area contributed by atoms with Gasteiger partial charge >= 0.3 is 0 Å². The SMILES string of the molecule is C/C=C\c1c(N)c2cnc3c4ccccc4n(C(C)NC(=NCc4cccc(-c5ccccc5)c4)c4cccc(-c5ccccc5)c4)c3c2n1-c1ccccc1. The van der Waals surface area contributed by atoms with Gasteiger partial charge in [-0.25, -0.2) is 0 Å². The average molecular weight is 727 g/mol. The van der Waals surface area contributed by atoms with Gasteiger partial charge in [-0.2, -0.15) is 0 Å². The number of fused-ring (bicyclic) bond motifs is 5. The predicted molar refractivity (Wildman–Crippen MR) is 235 cm³/mol. The van der Waals surface area contributed by atoms with Crippen LogP contribution in [0.1, 0.15) is 36.8 Å². The van der Waals surface area contributed by atoms with E-state index < -0.39 is 0 Å². The maximum Gasteiger partial charge on any atom is 0.130 e. The summed E-state index contributed by atoms with van der Waals surface area (Å²) in [4.78, 5) is 10.5. The number of rotatable bonds is 9. The van der Waals surface area contributed by atoms with E-state index in [2.05, 4.69) is 173 Å². The molecule has 272 valence electrons. The highest BCUT2D eigenvalue weighted by Crippen LogP contribution is 2.40. The molecule has 0 aliphatic heterocycles. The fourth-order valence-electron chi connectivity index (χ4n) is 7.90. The van der Waals surface area contributed by atoms with E-state index in [1.165, 1.54) is 11.1 Å². The number of aliphatic imine (C=N–C) groups is 1. The van der Waals surface area contributed by atoms with Crippen molar-refractivity contribution in [1.29, 1.82) is 0 Å². The lowest BCUT2D eigenvalue weighted by Crippen LogP contribution is -2.31. The van der Waals surface area contributed by atoms with Crippen molar-refractivity contribution in [2.24, 2.45) is 4.99 Å². The maximum absolute atomic E-state index is 6.98. The Bertz CT molecular complexity index is 2880. The van der Waals surface area contributed by atoms with Gasteiger partial charge < -0.3 is 20.2 Å². The Hall–Kier alpha value is -7.18. The average Bonchev–Trinajstić information content (AvgIpc) is 3.75. The number of pyridine rings is 1. The lowest BCUT2D eigenvalue weighted by molar-refractivity contribution is 0.545. The third kappa shape index (κ3) is 6.31. The first-order valence-corrected chi connectivity index (χ1v) is 19.1. The number of nitrogens with one attached hydrogen (secondary N) is 1. The first-order chi connectivity index (χ1) is 27.6. The topological polar surface area (TPSA) is 73.2 Å². The Morgan fingerprint density at radius 2 is 1.32 bits per heavy atom. The molecule has 9 rings (SSSR count). The van der Waals surface area contributed by atoms with Crippen molar-refractivity contribution in [2.75, 3.05) is 5.73 Å². The molecule has 0 saturated carbocycles. The normalized spacial score (nSPS) is 12.6. The van der Waals surface area contributed by atoms with E-state index in [-0.39, 0.29) is 6.17 Å². The van der Waals surface area contributed by atoms with Gasteiger partial charge in [0.25, 0.3) is 0 Å². The molecule has 1 unspecified atom stereocenters. The van der Waals surface area contributed by atoms with Crippen molar-refractivity contribution < 1.29 is 0 Å². The molecular formula is C50H42N6. The zero-order valence-corrected chi connectivity index (χ0v) is 31.5. The van der Waals surface area contributed by atoms with E-state index in [9.17, 15) is 0 Å². The van der Waals surface area contributed by atoms with Crippen molar-refractivity contribution in [3.8, 4) is 27.9 Å². The lowest BCUT2D eigenvalue weighted by atomic mass is 10.0. The van der Waals surface area contributed by atoms with Gasteiger partial charge in [-0.05, 0) is 78.1 Å². The number of anilines is 1. The highest BCUT2D eigenvalue weighted by molar-refractivity contribution is 6.18. The second-order valence-corrected chi connectivity index (χ2v) is 14.1. The molecule has 3 aromatic heterocycles. The van der Waals surface area contributed by atoms with Gasteiger partial charge in [0.15, 0.2) is 0 Å². The second kappa shape index (κ2) is 14.9. The van der Waals surface area contributed by atoms with E-state index in [0.29, 0.717) is 12.2 Å². The third-order valence-electron chi connectivity index (χ3n) is 10.5. The lowest BCUT2D eigenvalue weighted by Gasteiger charge is -2.22. The summed E-state index contributed by atoms with van der Waals surface area (Å²) in [7, 11) is 0. The number of hydrogen-bond donors (Lipinski definition) is 2. The van der Waals surface area contributed by atoms with E-state index in [1.54, 1.807) is 0 Å². The molecule has 0 aliphatic carbocycles. The number of amidine groups is 1. The number of nitrogens with zero attached hydrogens (tertiary/aromatic N) is 4. The number of hydrogen-bond acceptors (Lipinski definition) is 3. The van der Waals surface area contributed by atoms with Crippen molar-refractivity contribution in [2.45, 2.75) is 26.6 Å². The fraction of sp³-hybridized carbons (Fsp3) is 0.0800. The van der Waals surface area contributed by atoms with Gasteiger partial charge in [0.05, 0.1) is 40.0 Å². The van der Waals surface area contributed by atoms with Crippen LogP contribution in [0.2, 0.25) is 0 Å². The van der Waals surface area contributed by atoms with E-state index in [1.807, 2.05) is 37.4 Å². The monoisotopic (exact) mass is 726 g/mol. The molecule has 3 heterocycles. The van der Waals surface area contributed by atoms with Gasteiger partial charge in [-0.3, -0.25) is 9.98 Å². The molecule has 3 N–H and O–H groups in total. The molecule has 9 aromatic rings. The Balaban J connectivity index is 1.22. The van der Waals surface area contributed by atoms with Crippen LogP contribution in [0.5, 0.6) is 0 Å². The predicted octanol–water partition coefficient (Wildman–Crippen LogP) is 11.8. The summed E-state index contributed by atoms with van der Waals surface area (Å²) >= 11 is 0. The highest BCUT2D eigenvalue weighted by atomic mass is 15.2. The van der Waals surface area contributed by atoms with Gasteiger partial charge in [-0.15, -0.1) is 0 Å². The van der Waals surface area contributed by atoms with E-state index in [4.69, 9.17) is 15.7 Å². The maximum atomic E-state index is 6.98. The van der Waals surface area contributed by atoms with Crippen LogP contribution in [0.15, 0.2) is 181 Å². The Morgan fingerprint density at radius 1 is 0.696 bits per heavy atom. The summed E-state index contributed by atoms with van der Waals surface area (Å²) in [6.45, 7) is 4.72. The number of benzene rings is 6. The summed E-state index contributed by atoms with van der Waals surface area (Å²) in [5, 5.41) is 5.90. The highest BCUT2D eigenvalue weighted by Gasteiger charge is 2.25. The van der Waals surface area contributed by atoms with Crippen molar-refractivity contribution in [3.63, 3.8) is 0 Å². The van der Waals surface area contributed by atoms with Gasteiger partial charge in [0, 0.05) is 28.2 Å². The van der Waals surface area contributed by atoms with Crippen molar-refractivity contribution >= 4 is 50.4 Å². The second-order valence-electron chi connectivity index (χ2n) is 14.1. The Labute approximate surface area is 326 Å². The first kappa shape index (κ1) is 34.6. The molecule has 0 aliphatic rings. The first-order valence-electron chi connectivity index (χ1n) is 19.1. The molecule has 6 nitrogen and oxygen atoms in total. The largest absolute Gasteiger partial charge is 0.396 e. The Morgan fingerprint density at radius 3 is 2.04 bits per heavy atom. The van der Waals surface area contributed by atoms with Crippen LogP contribution in [-0.4, -0.2) is 20.0 Å². The fourth-order valence-corrected chi connectivity index (χ4v) is 7.90. The molecule has 0 spiro atoms. The zero-order valence-electron chi connectivity index (χ0n) is 31.5. The number of nitrogen functional groups attached to an aromatic ring is 1. The molecular weight excluding hydrogens is 685 g/mol. The minimum absolute atomic E-state index is 0.245. The van der Waals surface area contributed by atoms with Crippen molar-refractivity contribution in [1.82, 2.24) is 19.4 Å². The molecule has 56 heavy (non-hydrogen) atoms. The summed E-state index contributed by atoms with van der Waals surface area (Å²) < 4.78 is 4.64. The van der Waals surface area contributed by atoms with E-state index in [0.717, 1.165) is 72.3 Å². The molecule has 6 heteroatoms. The van der Waals surface area contributed by atoms with Crippen molar-refractivity contribution in [3.05, 3.63) is 193 Å². The standard InChI is InChI=1S/C50H42N6/c1-3-17-45-46(51)43-33-52-47-42-28-13-14-29-44(42)55(49(47)48(43)56(45)41-26-11-6-12-27-41)34(2)54-50(40-25-16-24-39(31-40)37-21-9-5-10-22-37)53-32-35-18-15-23-38(30-35)36-19-7-4-8-20-36/h3-31,33-34H,32,51H2,1-2H3,(H,53,54)/b17-3-. The minimum Gasteiger partial charge on any atom is -0.396 e. The summed E-state index contributed by atoms with van der Waals surface area (Å²) in [5.74, 6) is 0.805. The van der Waals surface area contributed by atoms with Crippen LogP contribution in [-0.2, 0) is 6.54 Å². The van der Waals surface area contributed by atoms with Crippen LogP contribution in [0.4, 0.5) is 5.69 Å². The third-order valence-corrected chi connectivity index (χ3v) is 10.5. The van der Waals surface area contributed by atoms with Gasteiger partial charge in [-0.1, -0.05) is 140 Å². The number of aromatic nitrogens is 3. The Kier molecular flexibility index (Phi) is 9.21. The van der Waals surface area contributed by atoms with Crippen LogP contribution < -0.4 is 11.1 Å². The molecule has 1 atom stereocenters. The summed E-state index contributed by atoms with van der Waals surface area (Å²) in [6, 6.07) is 57.2. The van der Waals surface area contributed by atoms with Crippen LogP contribution in [0.3, 0.4) is 0 Å². The summed E-state index contributed by atoms with van der Waals surface area (Å²) in [5.41, 5.74) is 20.4. The number of allylic oxidation sites excluding steroid dienone is 1. The molecule has 0 fully saturated rings. The zero-order chi connectivity index (χ0) is 38.0. The molecule has 6 aromatic carbocycles. The van der Waals surface area contributed by atoms with Crippen LogP contribution in [0.25, 0.3) is 66.9 Å². The number of para-hydroxylation sites is 2. The van der Waals surface area contributed by atoms with Gasteiger partial charge in [0.2, 0.25) is 0 Å². The minimum atomic E-state index is -0.245. The molecule has 0 bridgehead atoms. The summed E-state index contributed by atoms with van der Waals surface area (Å²) in [6.07, 6.45) is 5.81. The quantitative estimate of drug-likeness (QED) is 0.115. The smallest absolute Gasteiger partial charge is 0.130 e. The van der Waals surface area contributed by atoms with Gasteiger partial charge in [0.1, 0.15) is 12.0 Å². The molecule has 0 saturated heterocycles.